The van der Waals surface area contributed by atoms with Gasteiger partial charge in [0.05, 0.1) is 22.7 Å². The summed E-state index contributed by atoms with van der Waals surface area (Å²) in [6, 6.07) is 7.39. The smallest absolute Gasteiger partial charge is 0.262 e. The number of aromatic nitrogens is 1. The molecule has 0 atom stereocenters. The van der Waals surface area contributed by atoms with Gasteiger partial charge in [0.25, 0.3) is 5.56 Å². The van der Waals surface area contributed by atoms with Crippen LogP contribution in [0.15, 0.2) is 33.5 Å². The molecule has 0 saturated heterocycles. The van der Waals surface area contributed by atoms with Gasteiger partial charge in [-0.2, -0.15) is 0 Å². The average Bonchev–Trinajstić information content (AvgIpc) is 3.11. The molecule has 1 aromatic heterocycles. The Balaban J connectivity index is 0.000000994. The van der Waals surface area contributed by atoms with Crippen molar-refractivity contribution >= 4 is 26.7 Å². The summed E-state index contributed by atoms with van der Waals surface area (Å²) < 4.78 is 18.7. The largest absolute Gasteiger partial charge is 0.504 e. The number of aryl methyl sites for hydroxylation is 1. The fourth-order valence-corrected chi connectivity index (χ4v) is 4.69. The standard InChI is InChI=1S/C20H16BrNO5.C2H6/c1-25-13-5-4-11-16(19(13)23)20(24)22-6-2-3-10-7-14-15(27-9-26-14)8-12(10)18(22)17(11)21;1-2/h4-5,7-8,23H,2-3,6,9H2,1H3;1-2H3. The van der Waals surface area contributed by atoms with Crippen molar-refractivity contribution in [3.63, 3.8) is 0 Å². The molecule has 6 nitrogen and oxygen atoms in total. The maximum absolute atomic E-state index is 13.3. The molecule has 0 amide bonds. The van der Waals surface area contributed by atoms with Gasteiger partial charge in [0.2, 0.25) is 6.79 Å². The number of rotatable bonds is 1. The third kappa shape index (κ3) is 2.95. The Labute approximate surface area is 176 Å². The van der Waals surface area contributed by atoms with Crippen LogP contribution in [0, 0.1) is 0 Å². The first-order valence-electron chi connectivity index (χ1n) is 9.65. The number of fused-ring (bicyclic) bond motifs is 5. The summed E-state index contributed by atoms with van der Waals surface area (Å²) in [5, 5.41) is 11.5. The zero-order valence-electron chi connectivity index (χ0n) is 16.5. The number of phenolic OH excluding ortho intramolecular Hbond substituents is 1. The molecule has 1 N–H and O–H groups in total. The van der Waals surface area contributed by atoms with E-state index in [1.165, 1.54) is 7.11 Å². The Bertz CT molecular complexity index is 1170. The van der Waals surface area contributed by atoms with E-state index in [0.29, 0.717) is 17.7 Å². The number of ether oxygens (including phenoxy) is 3. The number of methoxy groups -OCH3 is 1. The van der Waals surface area contributed by atoms with E-state index in [9.17, 15) is 9.90 Å². The fraction of sp³-hybridized carbons (Fsp3) is 0.318. The van der Waals surface area contributed by atoms with Gasteiger partial charge in [0.1, 0.15) is 0 Å². The summed E-state index contributed by atoms with van der Waals surface area (Å²) >= 11 is 3.68. The quantitative estimate of drug-likeness (QED) is 0.563. The summed E-state index contributed by atoms with van der Waals surface area (Å²) in [5.41, 5.74) is 2.62. The van der Waals surface area contributed by atoms with Gasteiger partial charge in [-0.25, -0.2) is 0 Å². The highest BCUT2D eigenvalue weighted by atomic mass is 79.9. The topological polar surface area (TPSA) is 69.9 Å². The SMILES string of the molecule is CC.COc1ccc2c(Br)c3n(c(=O)c2c1O)CCCc1cc2c(cc1-3)OCO2. The number of benzene rings is 2. The lowest BCUT2D eigenvalue weighted by Gasteiger charge is -2.17. The molecule has 0 radical (unpaired) electrons. The maximum atomic E-state index is 13.3. The van der Waals surface area contributed by atoms with Crippen LogP contribution in [0.3, 0.4) is 0 Å². The number of hydrogen-bond donors (Lipinski definition) is 1. The molecule has 2 aliphatic heterocycles. The van der Waals surface area contributed by atoms with Crippen LogP contribution < -0.4 is 19.8 Å². The zero-order valence-corrected chi connectivity index (χ0v) is 18.1. The molecule has 2 aromatic carbocycles. The molecule has 0 unspecified atom stereocenters. The second-order valence-electron chi connectivity index (χ2n) is 6.62. The van der Waals surface area contributed by atoms with Crippen LogP contribution in [0.5, 0.6) is 23.0 Å². The van der Waals surface area contributed by atoms with Crippen molar-refractivity contribution in [2.24, 2.45) is 0 Å². The number of hydrogen-bond acceptors (Lipinski definition) is 5. The van der Waals surface area contributed by atoms with Gasteiger partial charge >= 0.3 is 0 Å². The first kappa shape index (κ1) is 19.6. The fourth-order valence-electron chi connectivity index (χ4n) is 3.93. The van der Waals surface area contributed by atoms with E-state index in [4.69, 9.17) is 14.2 Å². The van der Waals surface area contributed by atoms with E-state index < -0.39 is 0 Å². The van der Waals surface area contributed by atoms with Crippen molar-refractivity contribution in [3.8, 4) is 34.3 Å². The van der Waals surface area contributed by atoms with E-state index in [-0.39, 0.29) is 29.2 Å². The van der Waals surface area contributed by atoms with Gasteiger partial charge in [0, 0.05) is 17.5 Å². The lowest BCUT2D eigenvalue weighted by atomic mass is 9.99. The van der Waals surface area contributed by atoms with Gasteiger partial charge < -0.3 is 23.9 Å². The second kappa shape index (κ2) is 7.63. The molecule has 0 spiro atoms. The van der Waals surface area contributed by atoms with Gasteiger partial charge in [-0.1, -0.05) is 13.8 Å². The highest BCUT2D eigenvalue weighted by Gasteiger charge is 2.26. The van der Waals surface area contributed by atoms with Crippen molar-refractivity contribution in [2.75, 3.05) is 13.9 Å². The van der Waals surface area contributed by atoms with Gasteiger partial charge in [-0.05, 0) is 58.6 Å². The summed E-state index contributed by atoms with van der Waals surface area (Å²) in [4.78, 5) is 13.3. The lowest BCUT2D eigenvalue weighted by Crippen LogP contribution is -2.22. The van der Waals surface area contributed by atoms with Gasteiger partial charge in [-0.15, -0.1) is 0 Å². The first-order chi connectivity index (χ1) is 14.1. The Kier molecular flexibility index (Phi) is 5.17. The van der Waals surface area contributed by atoms with Crippen molar-refractivity contribution < 1.29 is 19.3 Å². The Morgan fingerprint density at radius 1 is 1.17 bits per heavy atom. The molecule has 152 valence electrons. The molecule has 3 aromatic rings. The van der Waals surface area contributed by atoms with Crippen LogP contribution >= 0.6 is 15.9 Å². The monoisotopic (exact) mass is 459 g/mol. The van der Waals surface area contributed by atoms with Crippen LogP contribution in [-0.2, 0) is 13.0 Å². The number of aromatic hydroxyl groups is 1. The van der Waals surface area contributed by atoms with E-state index in [1.54, 1.807) is 16.7 Å². The molecular weight excluding hydrogens is 438 g/mol. The predicted octanol–water partition coefficient (Wildman–Crippen LogP) is 4.85. The van der Waals surface area contributed by atoms with E-state index in [1.807, 2.05) is 26.0 Å². The highest BCUT2D eigenvalue weighted by Crippen LogP contribution is 2.45. The molecule has 3 heterocycles. The van der Waals surface area contributed by atoms with Crippen LogP contribution in [0.2, 0.25) is 0 Å². The molecule has 0 saturated carbocycles. The van der Waals surface area contributed by atoms with E-state index >= 15 is 0 Å². The van der Waals surface area contributed by atoms with E-state index in [0.717, 1.165) is 39.9 Å². The Morgan fingerprint density at radius 2 is 1.90 bits per heavy atom. The first-order valence-corrected chi connectivity index (χ1v) is 10.4. The zero-order chi connectivity index (χ0) is 20.7. The average molecular weight is 460 g/mol. The minimum atomic E-state index is -0.231. The molecule has 7 heteroatoms. The minimum Gasteiger partial charge on any atom is -0.504 e. The molecule has 2 aliphatic rings. The molecule has 0 bridgehead atoms. The summed E-state index contributed by atoms with van der Waals surface area (Å²) in [6.07, 6.45) is 1.63. The highest BCUT2D eigenvalue weighted by molar-refractivity contribution is 9.10. The second-order valence-corrected chi connectivity index (χ2v) is 7.42. The van der Waals surface area contributed by atoms with Gasteiger partial charge in [0.15, 0.2) is 23.0 Å². The molecular formula is C22H22BrNO5. The van der Waals surface area contributed by atoms with Crippen LogP contribution in [0.1, 0.15) is 25.8 Å². The van der Waals surface area contributed by atoms with Crippen molar-refractivity contribution in [1.29, 1.82) is 0 Å². The van der Waals surface area contributed by atoms with Crippen molar-refractivity contribution in [1.82, 2.24) is 4.57 Å². The third-order valence-corrected chi connectivity index (χ3v) is 6.02. The predicted molar refractivity (Wildman–Crippen MR) is 115 cm³/mol. The molecule has 29 heavy (non-hydrogen) atoms. The van der Waals surface area contributed by atoms with Crippen molar-refractivity contribution in [3.05, 3.63) is 44.7 Å². The van der Waals surface area contributed by atoms with Crippen LogP contribution in [0.4, 0.5) is 0 Å². The lowest BCUT2D eigenvalue weighted by molar-refractivity contribution is 0.174. The number of phenols is 1. The normalized spacial score (nSPS) is 13.8. The van der Waals surface area contributed by atoms with Crippen LogP contribution in [0.25, 0.3) is 22.0 Å². The summed E-state index contributed by atoms with van der Waals surface area (Å²) in [5.74, 6) is 1.57. The van der Waals surface area contributed by atoms with E-state index in [2.05, 4.69) is 15.9 Å². The molecule has 0 fully saturated rings. The maximum Gasteiger partial charge on any atom is 0.262 e. The molecule has 0 aliphatic carbocycles. The summed E-state index contributed by atoms with van der Waals surface area (Å²) in [6.45, 7) is 4.76. The van der Waals surface area contributed by atoms with Crippen molar-refractivity contribution in [2.45, 2.75) is 33.2 Å². The number of pyridine rings is 1. The Morgan fingerprint density at radius 3 is 2.62 bits per heavy atom. The third-order valence-electron chi connectivity index (χ3n) is 5.22. The Hall–Kier alpha value is -2.67. The van der Waals surface area contributed by atoms with Crippen LogP contribution in [-0.4, -0.2) is 23.6 Å². The summed E-state index contributed by atoms with van der Waals surface area (Å²) in [7, 11) is 1.47. The number of nitrogens with zero attached hydrogens (tertiary/aromatic N) is 1. The number of halogens is 1. The molecule has 5 rings (SSSR count). The van der Waals surface area contributed by atoms with Gasteiger partial charge in [-0.3, -0.25) is 4.79 Å². The minimum absolute atomic E-state index is 0.133.